The highest BCUT2D eigenvalue weighted by molar-refractivity contribution is 5.89. The summed E-state index contributed by atoms with van der Waals surface area (Å²) in [5.41, 5.74) is 7.15. The molecule has 3 rings (SSSR count). The van der Waals surface area contributed by atoms with Gasteiger partial charge in [-0.15, -0.1) is 0 Å². The summed E-state index contributed by atoms with van der Waals surface area (Å²) in [6.45, 7) is 4.57. The number of amides is 3. The summed E-state index contributed by atoms with van der Waals surface area (Å²) < 4.78 is 5.08. The standard InChI is InChI=1S/C26H40N4O4/c1-18(2)26(33)29(14-13-19-7-5-4-6-8-19)22-15-23(30(16-22)24(31)17-34-3)25(32)28-21-11-9-20(27)10-12-21/h4-8,18,20-23H,9-17,27H2,1-3H3,(H,28,32). The van der Waals surface area contributed by atoms with E-state index in [1.165, 1.54) is 7.11 Å². The number of methoxy groups -OCH3 is 1. The van der Waals surface area contributed by atoms with E-state index in [4.69, 9.17) is 10.5 Å². The van der Waals surface area contributed by atoms with Crippen LogP contribution < -0.4 is 11.1 Å². The smallest absolute Gasteiger partial charge is 0.249 e. The molecule has 3 N–H and O–H groups in total. The first-order valence-corrected chi connectivity index (χ1v) is 12.5. The summed E-state index contributed by atoms with van der Waals surface area (Å²) in [4.78, 5) is 42.8. The van der Waals surface area contributed by atoms with E-state index in [1.807, 2.05) is 49.1 Å². The molecule has 0 aromatic heterocycles. The van der Waals surface area contributed by atoms with Crippen molar-refractivity contribution in [3.63, 3.8) is 0 Å². The van der Waals surface area contributed by atoms with Gasteiger partial charge in [-0.3, -0.25) is 14.4 Å². The Bertz CT molecular complexity index is 823. The maximum Gasteiger partial charge on any atom is 0.249 e. The van der Waals surface area contributed by atoms with Gasteiger partial charge in [0.1, 0.15) is 12.6 Å². The average Bonchev–Trinajstić information content (AvgIpc) is 3.27. The van der Waals surface area contributed by atoms with Gasteiger partial charge in [0.25, 0.3) is 0 Å². The Morgan fingerprint density at radius 3 is 2.44 bits per heavy atom. The third kappa shape index (κ3) is 6.79. The van der Waals surface area contributed by atoms with Gasteiger partial charge in [-0.25, -0.2) is 0 Å². The SMILES string of the molecule is COCC(=O)N1CC(N(CCc2ccccc2)C(=O)C(C)C)CC1C(=O)NC1CCC(N)CC1. The van der Waals surface area contributed by atoms with Crippen LogP contribution in [0.25, 0.3) is 0 Å². The van der Waals surface area contributed by atoms with E-state index >= 15 is 0 Å². The highest BCUT2D eigenvalue weighted by atomic mass is 16.5. The minimum atomic E-state index is -0.609. The van der Waals surface area contributed by atoms with Crippen LogP contribution in [0, 0.1) is 5.92 Å². The van der Waals surface area contributed by atoms with Crippen LogP contribution in [0.1, 0.15) is 51.5 Å². The van der Waals surface area contributed by atoms with Crippen LogP contribution in [0.2, 0.25) is 0 Å². The monoisotopic (exact) mass is 472 g/mol. The normalized spacial score (nSPS) is 24.8. The van der Waals surface area contributed by atoms with Crippen LogP contribution >= 0.6 is 0 Å². The number of hydrogen-bond acceptors (Lipinski definition) is 5. The molecule has 34 heavy (non-hydrogen) atoms. The van der Waals surface area contributed by atoms with Crippen molar-refractivity contribution in [2.75, 3.05) is 26.8 Å². The van der Waals surface area contributed by atoms with Crippen LogP contribution in [0.15, 0.2) is 30.3 Å². The fraction of sp³-hybridized carbons (Fsp3) is 0.654. The van der Waals surface area contributed by atoms with Crippen LogP contribution in [-0.2, 0) is 25.5 Å². The highest BCUT2D eigenvalue weighted by Crippen LogP contribution is 2.26. The Balaban J connectivity index is 1.74. The molecule has 8 heteroatoms. The Kier molecular flexibility index (Phi) is 9.47. The van der Waals surface area contributed by atoms with Crippen molar-refractivity contribution in [1.82, 2.24) is 15.1 Å². The Morgan fingerprint density at radius 1 is 1.15 bits per heavy atom. The van der Waals surface area contributed by atoms with Gasteiger partial charge < -0.3 is 25.6 Å². The fourth-order valence-corrected chi connectivity index (χ4v) is 5.03. The molecular formula is C26H40N4O4. The van der Waals surface area contributed by atoms with E-state index in [0.717, 1.165) is 37.7 Å². The summed E-state index contributed by atoms with van der Waals surface area (Å²) in [6, 6.07) is 9.51. The second-order valence-corrected chi connectivity index (χ2v) is 9.93. The number of benzene rings is 1. The Morgan fingerprint density at radius 2 is 1.82 bits per heavy atom. The van der Waals surface area contributed by atoms with Crippen LogP contribution in [0.5, 0.6) is 0 Å². The molecule has 1 saturated heterocycles. The molecule has 0 bridgehead atoms. The van der Waals surface area contributed by atoms with Gasteiger partial charge in [0.2, 0.25) is 17.7 Å². The minimum Gasteiger partial charge on any atom is -0.375 e. The lowest BCUT2D eigenvalue weighted by Gasteiger charge is -2.30. The van der Waals surface area contributed by atoms with Crippen LogP contribution in [-0.4, -0.2) is 78.5 Å². The molecule has 188 valence electrons. The topological polar surface area (TPSA) is 105 Å². The molecule has 2 aliphatic rings. The predicted octanol–water partition coefficient (Wildman–Crippen LogP) is 1.72. The third-order valence-corrected chi connectivity index (χ3v) is 6.99. The first-order chi connectivity index (χ1) is 16.3. The number of rotatable bonds is 9. The summed E-state index contributed by atoms with van der Waals surface area (Å²) >= 11 is 0. The molecule has 0 spiro atoms. The predicted molar refractivity (Wildman–Crippen MR) is 131 cm³/mol. The van der Waals surface area contributed by atoms with Crippen LogP contribution in [0.3, 0.4) is 0 Å². The number of nitrogens with one attached hydrogen (secondary N) is 1. The molecule has 1 aromatic carbocycles. The molecule has 2 atom stereocenters. The zero-order chi connectivity index (χ0) is 24.7. The van der Waals surface area contributed by atoms with E-state index in [9.17, 15) is 14.4 Å². The van der Waals surface area contributed by atoms with E-state index in [2.05, 4.69) is 5.32 Å². The Hall–Kier alpha value is -2.45. The number of carbonyl (C=O) groups is 3. The number of nitrogens with zero attached hydrogens (tertiary/aromatic N) is 2. The average molecular weight is 473 g/mol. The molecule has 2 fully saturated rings. The van der Waals surface area contributed by atoms with Gasteiger partial charge in [-0.05, 0) is 44.1 Å². The molecule has 2 unspecified atom stereocenters. The fourth-order valence-electron chi connectivity index (χ4n) is 5.03. The van der Waals surface area contributed by atoms with Crippen LogP contribution in [0.4, 0.5) is 0 Å². The lowest BCUT2D eigenvalue weighted by Crippen LogP contribution is -2.50. The number of hydrogen-bond donors (Lipinski definition) is 2. The van der Waals surface area contributed by atoms with E-state index in [-0.39, 0.29) is 48.4 Å². The number of carbonyl (C=O) groups excluding carboxylic acids is 3. The van der Waals surface area contributed by atoms with Crippen molar-refractivity contribution >= 4 is 17.7 Å². The van der Waals surface area contributed by atoms with E-state index in [1.54, 1.807) is 4.90 Å². The van der Waals surface area contributed by atoms with Crippen molar-refractivity contribution in [3.8, 4) is 0 Å². The van der Waals surface area contributed by atoms with Gasteiger partial charge in [0, 0.05) is 38.2 Å². The number of ether oxygens (including phenoxy) is 1. The molecule has 1 saturated carbocycles. The maximum absolute atomic E-state index is 13.3. The lowest BCUT2D eigenvalue weighted by molar-refractivity contribution is -0.142. The molecule has 1 aromatic rings. The molecular weight excluding hydrogens is 432 g/mol. The summed E-state index contributed by atoms with van der Waals surface area (Å²) in [5.74, 6) is -0.496. The van der Waals surface area contributed by atoms with Crippen molar-refractivity contribution in [3.05, 3.63) is 35.9 Å². The molecule has 1 aliphatic heterocycles. The molecule has 1 aliphatic carbocycles. The van der Waals surface area contributed by atoms with Gasteiger partial charge in [-0.1, -0.05) is 44.2 Å². The largest absolute Gasteiger partial charge is 0.375 e. The third-order valence-electron chi connectivity index (χ3n) is 6.99. The second-order valence-electron chi connectivity index (χ2n) is 9.93. The van der Waals surface area contributed by atoms with Gasteiger partial charge in [-0.2, -0.15) is 0 Å². The van der Waals surface area contributed by atoms with Crippen molar-refractivity contribution in [2.45, 2.75) is 76.5 Å². The summed E-state index contributed by atoms with van der Waals surface area (Å²) in [6.07, 6.45) is 4.64. The van der Waals surface area contributed by atoms with Crippen molar-refractivity contribution in [2.24, 2.45) is 11.7 Å². The molecule has 0 radical (unpaired) electrons. The lowest BCUT2D eigenvalue weighted by atomic mass is 9.91. The van der Waals surface area contributed by atoms with E-state index in [0.29, 0.717) is 19.5 Å². The highest BCUT2D eigenvalue weighted by Gasteiger charge is 2.43. The molecule has 1 heterocycles. The summed E-state index contributed by atoms with van der Waals surface area (Å²) in [5, 5.41) is 3.14. The zero-order valence-corrected chi connectivity index (χ0v) is 20.7. The zero-order valence-electron chi connectivity index (χ0n) is 20.7. The summed E-state index contributed by atoms with van der Waals surface area (Å²) in [7, 11) is 1.47. The molecule has 8 nitrogen and oxygen atoms in total. The number of nitrogens with two attached hydrogens (primary N) is 1. The van der Waals surface area contributed by atoms with Crippen molar-refractivity contribution in [1.29, 1.82) is 0 Å². The minimum absolute atomic E-state index is 0.0439. The first-order valence-electron chi connectivity index (χ1n) is 12.5. The van der Waals surface area contributed by atoms with Crippen molar-refractivity contribution < 1.29 is 19.1 Å². The van der Waals surface area contributed by atoms with E-state index < -0.39 is 6.04 Å². The maximum atomic E-state index is 13.3. The van der Waals surface area contributed by atoms with Gasteiger partial charge in [0.15, 0.2) is 0 Å². The van der Waals surface area contributed by atoms with Gasteiger partial charge in [0.05, 0.1) is 6.04 Å². The second kappa shape index (κ2) is 12.3. The number of likely N-dealkylation sites (tertiary alicyclic amines) is 1. The van der Waals surface area contributed by atoms with Gasteiger partial charge >= 0.3 is 0 Å². The molecule has 3 amide bonds. The quantitative estimate of drug-likeness (QED) is 0.569. The Labute approximate surface area is 203 Å². The first kappa shape index (κ1) is 26.2.